The number of hydrogen-bond donors (Lipinski definition) is 1. The predicted molar refractivity (Wildman–Crippen MR) is 69.8 cm³/mol. The highest BCUT2D eigenvalue weighted by atomic mass is 19.1. The Kier molecular flexibility index (Phi) is 5.99. The number of carbonyl (C=O) groups is 2. The van der Waals surface area contributed by atoms with Crippen LogP contribution in [-0.4, -0.2) is 24.8 Å². The van der Waals surface area contributed by atoms with Gasteiger partial charge in [-0.3, -0.25) is 9.59 Å². The average Bonchev–Trinajstić information content (AvgIpc) is 2.37. The summed E-state index contributed by atoms with van der Waals surface area (Å²) >= 11 is 0. The number of carbonyl (C=O) groups excluding carboxylic acids is 2. The molecule has 4 nitrogen and oxygen atoms in total. The third kappa shape index (κ3) is 5.07. The van der Waals surface area contributed by atoms with Crippen molar-refractivity contribution in [1.82, 2.24) is 5.32 Å². The number of halogens is 1. The lowest BCUT2D eigenvalue weighted by atomic mass is 10.2. The van der Waals surface area contributed by atoms with Crippen LogP contribution in [0.3, 0.4) is 0 Å². The number of rotatable bonds is 7. The number of ether oxygens (including phenoxy) is 1. The summed E-state index contributed by atoms with van der Waals surface area (Å²) in [6.07, 6.45) is 2.37. The average molecular weight is 267 g/mol. The van der Waals surface area contributed by atoms with Crippen LogP contribution >= 0.6 is 0 Å². The summed E-state index contributed by atoms with van der Waals surface area (Å²) < 4.78 is 18.1. The summed E-state index contributed by atoms with van der Waals surface area (Å²) in [4.78, 5) is 22.3. The van der Waals surface area contributed by atoms with Crippen molar-refractivity contribution in [3.63, 3.8) is 0 Å². The molecule has 5 heteroatoms. The van der Waals surface area contributed by atoms with Gasteiger partial charge in [-0.1, -0.05) is 13.3 Å². The van der Waals surface area contributed by atoms with E-state index in [1.54, 1.807) is 0 Å². The first-order valence-corrected chi connectivity index (χ1v) is 6.23. The molecular weight excluding hydrogens is 249 g/mol. The third-order valence-electron chi connectivity index (χ3n) is 2.59. The molecule has 0 fully saturated rings. The summed E-state index contributed by atoms with van der Waals surface area (Å²) in [6, 6.07) is 3.67. The van der Waals surface area contributed by atoms with E-state index in [2.05, 4.69) is 5.32 Å². The van der Waals surface area contributed by atoms with E-state index < -0.39 is 5.82 Å². The SMILES string of the molecule is CCCC(C)NC(=O)COc1ccc(F)cc1C=O. The molecular formula is C14H18FNO3. The van der Waals surface area contributed by atoms with Crippen molar-refractivity contribution in [3.05, 3.63) is 29.6 Å². The molecule has 0 aliphatic carbocycles. The van der Waals surface area contributed by atoms with Gasteiger partial charge in [0.05, 0.1) is 5.56 Å². The second-order valence-corrected chi connectivity index (χ2v) is 4.35. The minimum Gasteiger partial charge on any atom is -0.483 e. The van der Waals surface area contributed by atoms with Gasteiger partial charge in [0.1, 0.15) is 11.6 Å². The summed E-state index contributed by atoms with van der Waals surface area (Å²) in [7, 11) is 0. The maximum atomic E-state index is 12.9. The molecule has 19 heavy (non-hydrogen) atoms. The predicted octanol–water partition coefficient (Wildman–Crippen LogP) is 2.32. The van der Waals surface area contributed by atoms with Gasteiger partial charge >= 0.3 is 0 Å². The fraction of sp³-hybridized carbons (Fsp3) is 0.429. The lowest BCUT2D eigenvalue weighted by Gasteiger charge is -2.13. The molecule has 1 amide bonds. The van der Waals surface area contributed by atoms with E-state index >= 15 is 0 Å². The highest BCUT2D eigenvalue weighted by molar-refractivity contribution is 5.80. The van der Waals surface area contributed by atoms with Crippen LogP contribution in [-0.2, 0) is 4.79 Å². The van der Waals surface area contributed by atoms with Gasteiger partial charge in [0.25, 0.3) is 5.91 Å². The molecule has 104 valence electrons. The first-order chi connectivity index (χ1) is 9.06. The maximum Gasteiger partial charge on any atom is 0.258 e. The first-order valence-electron chi connectivity index (χ1n) is 6.23. The molecule has 0 bridgehead atoms. The highest BCUT2D eigenvalue weighted by Gasteiger charge is 2.09. The van der Waals surface area contributed by atoms with E-state index in [1.165, 1.54) is 12.1 Å². The van der Waals surface area contributed by atoms with Gasteiger partial charge in [-0.15, -0.1) is 0 Å². The molecule has 0 radical (unpaired) electrons. The molecule has 0 aliphatic heterocycles. The molecule has 0 spiro atoms. The van der Waals surface area contributed by atoms with E-state index in [0.29, 0.717) is 6.29 Å². The lowest BCUT2D eigenvalue weighted by molar-refractivity contribution is -0.123. The van der Waals surface area contributed by atoms with Crippen LogP contribution in [0.25, 0.3) is 0 Å². The molecule has 0 heterocycles. The van der Waals surface area contributed by atoms with Crippen molar-refractivity contribution in [2.24, 2.45) is 0 Å². The molecule has 1 unspecified atom stereocenters. The summed E-state index contributed by atoms with van der Waals surface area (Å²) in [6.45, 7) is 3.75. The van der Waals surface area contributed by atoms with Crippen LogP contribution in [0.1, 0.15) is 37.0 Å². The van der Waals surface area contributed by atoms with Crippen LogP contribution in [0.15, 0.2) is 18.2 Å². The molecule has 0 aliphatic rings. The van der Waals surface area contributed by atoms with Gasteiger partial charge in [0.2, 0.25) is 0 Å². The minimum atomic E-state index is -0.518. The summed E-state index contributed by atoms with van der Waals surface area (Å²) in [5.74, 6) is -0.577. The standard InChI is InChI=1S/C14H18FNO3/c1-3-4-10(2)16-14(18)9-19-13-6-5-12(15)7-11(13)8-17/h5-8,10H,3-4,9H2,1-2H3,(H,16,18). The Labute approximate surface area is 112 Å². The molecule has 1 N–H and O–H groups in total. The van der Waals surface area contributed by atoms with Gasteiger partial charge in [-0.2, -0.15) is 0 Å². The maximum absolute atomic E-state index is 12.9. The second-order valence-electron chi connectivity index (χ2n) is 4.35. The number of hydrogen-bond acceptors (Lipinski definition) is 3. The summed E-state index contributed by atoms with van der Waals surface area (Å²) in [5, 5.41) is 2.77. The summed E-state index contributed by atoms with van der Waals surface area (Å²) in [5.41, 5.74) is 0.0920. The van der Waals surface area contributed by atoms with Crippen molar-refractivity contribution in [2.45, 2.75) is 32.7 Å². The molecule has 0 aromatic heterocycles. The smallest absolute Gasteiger partial charge is 0.258 e. The molecule has 1 atom stereocenters. The molecule has 0 saturated carbocycles. The Balaban J connectivity index is 2.52. The zero-order valence-corrected chi connectivity index (χ0v) is 11.1. The van der Waals surface area contributed by atoms with Gasteiger partial charge in [0, 0.05) is 6.04 Å². The van der Waals surface area contributed by atoms with E-state index in [4.69, 9.17) is 4.74 Å². The van der Waals surface area contributed by atoms with Crippen LogP contribution in [0, 0.1) is 5.82 Å². The Hall–Kier alpha value is -1.91. The number of nitrogens with one attached hydrogen (secondary N) is 1. The van der Waals surface area contributed by atoms with Crippen molar-refractivity contribution in [3.8, 4) is 5.75 Å². The molecule has 1 rings (SSSR count). The lowest BCUT2D eigenvalue weighted by Crippen LogP contribution is -2.36. The van der Waals surface area contributed by atoms with E-state index in [0.717, 1.165) is 18.9 Å². The number of benzene rings is 1. The Bertz CT molecular complexity index is 448. The zero-order valence-electron chi connectivity index (χ0n) is 11.1. The van der Waals surface area contributed by atoms with Crippen molar-refractivity contribution < 1.29 is 18.7 Å². The molecule has 1 aromatic rings. The second kappa shape index (κ2) is 7.51. The van der Waals surface area contributed by atoms with Gasteiger partial charge in [-0.05, 0) is 31.5 Å². The largest absolute Gasteiger partial charge is 0.483 e. The van der Waals surface area contributed by atoms with Gasteiger partial charge < -0.3 is 10.1 Å². The highest BCUT2D eigenvalue weighted by Crippen LogP contribution is 2.17. The molecule has 1 aromatic carbocycles. The van der Waals surface area contributed by atoms with Crippen molar-refractivity contribution >= 4 is 12.2 Å². The van der Waals surface area contributed by atoms with Crippen molar-refractivity contribution in [1.29, 1.82) is 0 Å². The third-order valence-corrected chi connectivity index (χ3v) is 2.59. The Morgan fingerprint density at radius 3 is 2.89 bits per heavy atom. The monoisotopic (exact) mass is 267 g/mol. The Morgan fingerprint density at radius 2 is 2.26 bits per heavy atom. The van der Waals surface area contributed by atoms with Crippen LogP contribution in [0.5, 0.6) is 5.75 Å². The quantitative estimate of drug-likeness (QED) is 0.771. The molecule has 0 saturated heterocycles. The van der Waals surface area contributed by atoms with E-state index in [-0.39, 0.29) is 29.9 Å². The van der Waals surface area contributed by atoms with Gasteiger partial charge in [0.15, 0.2) is 12.9 Å². The number of aldehydes is 1. The van der Waals surface area contributed by atoms with Crippen LogP contribution < -0.4 is 10.1 Å². The minimum absolute atomic E-state index is 0.0832. The topological polar surface area (TPSA) is 55.4 Å². The number of amides is 1. The Morgan fingerprint density at radius 1 is 1.53 bits per heavy atom. The van der Waals surface area contributed by atoms with Crippen LogP contribution in [0.2, 0.25) is 0 Å². The van der Waals surface area contributed by atoms with Gasteiger partial charge in [-0.25, -0.2) is 4.39 Å². The fourth-order valence-electron chi connectivity index (χ4n) is 1.71. The zero-order chi connectivity index (χ0) is 14.3. The normalized spacial score (nSPS) is 11.7. The van der Waals surface area contributed by atoms with E-state index in [1.807, 2.05) is 13.8 Å². The fourth-order valence-corrected chi connectivity index (χ4v) is 1.71. The van der Waals surface area contributed by atoms with Crippen LogP contribution in [0.4, 0.5) is 4.39 Å². The van der Waals surface area contributed by atoms with Crippen molar-refractivity contribution in [2.75, 3.05) is 6.61 Å². The van der Waals surface area contributed by atoms with E-state index in [9.17, 15) is 14.0 Å². The first kappa shape index (κ1) is 15.1.